The van der Waals surface area contributed by atoms with Crippen LogP contribution in [0.4, 0.5) is 0 Å². The zero-order valence-corrected chi connectivity index (χ0v) is 53.3. The van der Waals surface area contributed by atoms with Crippen molar-refractivity contribution in [3.05, 3.63) is 238 Å². The molecule has 4 heterocycles. The number of nitrogens with zero attached hydrogens (tertiary/aromatic N) is 3. The maximum atomic E-state index is 12.6. The van der Waals surface area contributed by atoms with Gasteiger partial charge < -0.3 is 15.5 Å². The van der Waals surface area contributed by atoms with Gasteiger partial charge in [0.25, 0.3) is 5.91 Å². The number of aryl methyl sites for hydroxylation is 2. The largest absolute Gasteiger partial charge is 0.477 e. The van der Waals surface area contributed by atoms with Crippen LogP contribution in [0.15, 0.2) is 159 Å². The number of nitrogens with one attached hydrogen (secondary N) is 1. The van der Waals surface area contributed by atoms with Crippen LogP contribution in [0.5, 0.6) is 0 Å². The Morgan fingerprint density at radius 2 is 0.988 bits per heavy atom. The lowest BCUT2D eigenvalue weighted by atomic mass is 10.1. The molecule has 1 amide bonds. The van der Waals surface area contributed by atoms with E-state index in [4.69, 9.17) is 92.0 Å². The molecule has 434 valence electrons. The molecule has 86 heavy (non-hydrogen) atoms. The van der Waals surface area contributed by atoms with Crippen molar-refractivity contribution in [3.63, 3.8) is 0 Å². The fourth-order valence-electron chi connectivity index (χ4n) is 7.95. The minimum atomic E-state index is -1.21. The molecule has 0 saturated carbocycles. The predicted octanol–water partition coefficient (Wildman–Crippen LogP) is 17.8. The zero-order valence-electron chi connectivity index (χ0n) is 44.7. The normalized spacial score (nSPS) is 12.7. The molecule has 3 aromatic heterocycles. The molecule has 0 aliphatic carbocycles. The number of thiocarbonyl (C=S) groups is 1. The van der Waals surface area contributed by atoms with Crippen LogP contribution < -0.4 is 5.32 Å². The molecule has 0 spiro atoms. The van der Waals surface area contributed by atoms with E-state index in [0.717, 1.165) is 54.2 Å². The lowest BCUT2D eigenvalue weighted by Gasteiger charge is -2.01. The minimum absolute atomic E-state index is 0.0293. The van der Waals surface area contributed by atoms with E-state index in [-0.39, 0.29) is 52.6 Å². The third-order valence-electron chi connectivity index (χ3n) is 12.2. The van der Waals surface area contributed by atoms with E-state index < -0.39 is 11.9 Å². The lowest BCUT2D eigenvalue weighted by molar-refractivity contribution is -0.132. The number of thiazole rings is 3. The molecular weight excluding hydrogens is 1310 g/mol. The highest BCUT2D eigenvalue weighted by atomic mass is 35.5. The van der Waals surface area contributed by atoms with Crippen molar-refractivity contribution >= 4 is 185 Å². The zero-order chi connectivity index (χ0) is 61.8. The van der Waals surface area contributed by atoms with Gasteiger partial charge in [0.1, 0.15) is 29.4 Å². The second kappa shape index (κ2) is 30.1. The molecule has 9 aromatic rings. The van der Waals surface area contributed by atoms with Gasteiger partial charge >= 0.3 is 11.9 Å². The molecule has 0 bridgehead atoms. The Kier molecular flexibility index (Phi) is 22.8. The summed E-state index contributed by atoms with van der Waals surface area (Å²) in [6.07, 6.45) is 5.01. The van der Waals surface area contributed by atoms with E-state index in [1.807, 2.05) is 54.9 Å². The van der Waals surface area contributed by atoms with Gasteiger partial charge in [-0.3, -0.25) is 19.2 Å². The van der Waals surface area contributed by atoms with Crippen molar-refractivity contribution in [2.24, 2.45) is 0 Å². The molecule has 0 unspecified atom stereocenters. The van der Waals surface area contributed by atoms with Gasteiger partial charge in [0.2, 0.25) is 0 Å². The van der Waals surface area contributed by atoms with Crippen LogP contribution in [-0.4, -0.2) is 64.7 Å². The van der Waals surface area contributed by atoms with Gasteiger partial charge in [-0.15, -0.1) is 34.0 Å². The average molecular weight is 1360 g/mol. The third-order valence-corrected chi connectivity index (χ3v) is 18.1. The average Bonchev–Trinajstić information content (AvgIpc) is 3.81. The summed E-state index contributed by atoms with van der Waals surface area (Å²) in [5.41, 5.74) is 10.00. The first kappa shape index (κ1) is 65.0. The van der Waals surface area contributed by atoms with Crippen molar-refractivity contribution in [2.45, 2.75) is 33.1 Å². The predicted molar refractivity (Wildman–Crippen MR) is 355 cm³/mol. The number of carbonyl (C=O) groups is 6. The van der Waals surface area contributed by atoms with Gasteiger partial charge in [-0.1, -0.05) is 202 Å². The first-order valence-corrected chi connectivity index (χ1v) is 31.3. The maximum Gasteiger partial charge on any atom is 0.347 e. The maximum absolute atomic E-state index is 12.6. The van der Waals surface area contributed by atoms with Gasteiger partial charge in [0.15, 0.2) is 17.3 Å². The van der Waals surface area contributed by atoms with Crippen LogP contribution in [-0.2, 0) is 33.6 Å². The number of ketones is 3. The first-order valence-electron chi connectivity index (χ1n) is 25.2. The van der Waals surface area contributed by atoms with Crippen molar-refractivity contribution < 1.29 is 39.0 Å². The second-order valence-electron chi connectivity index (χ2n) is 18.5. The number of amides is 1. The summed E-state index contributed by atoms with van der Waals surface area (Å²) in [5.74, 6) is -2.75. The highest BCUT2D eigenvalue weighted by molar-refractivity contribution is 8.26. The summed E-state index contributed by atoms with van der Waals surface area (Å²) >= 11 is 45.8. The number of aliphatic carboxylic acids is 2. The summed E-state index contributed by atoms with van der Waals surface area (Å²) in [5, 5.41) is 27.4. The SMILES string of the molecule is Cc1cccc(-c2nc(CC(=O)c3ccc(/C=C(\Cl)C(=O)O)cc3)sc2C)c1.O=C(O)/C(Cl)=C/c1ccc(C(=O)Cc2nc(-c3ccc(Cl)c(Cl)c3)cs2)cc1.O=C1NC(=S)S/C1=C\c1ccc(C(=O)Cc2nc(-c3ccc(Cl)c(Cl)c3)cs2)cc1. The van der Waals surface area contributed by atoms with Gasteiger partial charge in [-0.25, -0.2) is 24.5 Å². The number of halogens is 6. The van der Waals surface area contributed by atoms with Crippen LogP contribution in [0, 0.1) is 13.8 Å². The van der Waals surface area contributed by atoms with Gasteiger partial charge in [0.05, 0.1) is 61.3 Å². The molecule has 0 radical (unpaired) electrons. The molecule has 12 nitrogen and oxygen atoms in total. The van der Waals surface area contributed by atoms with Crippen molar-refractivity contribution in [1.29, 1.82) is 0 Å². The molecule has 10 rings (SSSR count). The van der Waals surface area contributed by atoms with Crippen LogP contribution in [0.1, 0.15) is 73.2 Å². The molecule has 1 saturated heterocycles. The second-order valence-corrected chi connectivity index (χ2v) is 25.8. The van der Waals surface area contributed by atoms with E-state index in [2.05, 4.69) is 26.3 Å². The Morgan fingerprint density at radius 1 is 0.547 bits per heavy atom. The molecule has 1 fully saturated rings. The topological polar surface area (TPSA) is 194 Å². The van der Waals surface area contributed by atoms with E-state index in [1.165, 1.54) is 63.5 Å². The lowest BCUT2D eigenvalue weighted by Crippen LogP contribution is -2.17. The molecule has 1 aliphatic rings. The van der Waals surface area contributed by atoms with Crippen molar-refractivity contribution in [2.75, 3.05) is 0 Å². The van der Waals surface area contributed by atoms with E-state index in [9.17, 15) is 28.8 Å². The van der Waals surface area contributed by atoms with Crippen LogP contribution in [0.3, 0.4) is 0 Å². The van der Waals surface area contributed by atoms with E-state index in [0.29, 0.717) is 62.1 Å². The molecule has 1 aliphatic heterocycles. The molecule has 23 heteroatoms. The Labute approximate surface area is 544 Å². The van der Waals surface area contributed by atoms with Crippen LogP contribution in [0.25, 0.3) is 52.0 Å². The number of hydrogen-bond acceptors (Lipinski definition) is 14. The summed E-state index contributed by atoms with van der Waals surface area (Å²) in [7, 11) is 0. The summed E-state index contributed by atoms with van der Waals surface area (Å²) in [6, 6.07) is 39.1. The van der Waals surface area contributed by atoms with Gasteiger partial charge in [-0.05, 0) is 79.1 Å². The summed E-state index contributed by atoms with van der Waals surface area (Å²) < 4.78 is 0.446. The summed E-state index contributed by atoms with van der Waals surface area (Å²) in [4.78, 5) is 86.3. The Balaban J connectivity index is 0.000000168. The fourth-order valence-corrected chi connectivity index (χ4v) is 12.4. The Morgan fingerprint density at radius 3 is 1.40 bits per heavy atom. The van der Waals surface area contributed by atoms with E-state index >= 15 is 0 Å². The Bertz CT molecular complexity index is 4200. The number of carboxylic acid groups (broad SMARTS) is 2. The van der Waals surface area contributed by atoms with Crippen LogP contribution in [0.2, 0.25) is 20.1 Å². The number of rotatable bonds is 17. The molecular formula is C63H42Cl6N4O8S5. The quantitative estimate of drug-likeness (QED) is 0.0443. The standard InChI is InChI=1S/C22H18ClNO3S.C21H12Cl2N2O2S3.C20H12Cl3NO3S/c1-13-4-3-5-17(10-13)21-14(2)28-20(24-21)12-19(25)16-8-6-15(7-9-16)11-18(23)22(26)27;22-14-6-5-13(8-15(14)23)16-10-29-19(24-16)9-17(26)12-3-1-11(2-4-12)7-18-20(27)25-21(28)30-18;21-14-6-5-13(8-15(14)22)17-10-28-19(24-17)9-18(25)12-3-1-11(2-4-12)7-16(23)20(26)27/h3-11H,12H2,1-2H3,(H,26,27);1-8,10H,9H2,(H,25,27,28);1-8,10H,9H2,(H,26,27)/b18-11-;18-7-;16-7-. The number of hydrogen-bond donors (Lipinski definition) is 3. The third kappa shape index (κ3) is 18.1. The number of Topliss-reactive ketones (excluding diaryl/α,β-unsaturated/α-hetero) is 3. The molecule has 0 atom stereocenters. The smallest absolute Gasteiger partial charge is 0.347 e. The number of aromatic nitrogens is 3. The van der Waals surface area contributed by atoms with Gasteiger partial charge in [-0.2, -0.15) is 0 Å². The monoisotopic (exact) mass is 1350 g/mol. The highest BCUT2D eigenvalue weighted by Crippen LogP contribution is 2.33. The number of carboxylic acids is 2. The number of carbonyl (C=O) groups excluding carboxylic acids is 4. The van der Waals surface area contributed by atoms with Crippen molar-refractivity contribution in [1.82, 2.24) is 20.3 Å². The van der Waals surface area contributed by atoms with Crippen molar-refractivity contribution in [3.8, 4) is 33.8 Å². The van der Waals surface area contributed by atoms with E-state index in [1.54, 1.807) is 103 Å². The number of benzene rings is 6. The molecule has 6 aromatic carbocycles. The Hall–Kier alpha value is -6.97. The summed E-state index contributed by atoms with van der Waals surface area (Å²) in [6.45, 7) is 4.05. The van der Waals surface area contributed by atoms with Gasteiger partial charge in [0, 0.05) is 49.0 Å². The first-order chi connectivity index (χ1) is 41.0. The minimum Gasteiger partial charge on any atom is -0.477 e. The fraction of sp³-hybridized carbons (Fsp3) is 0.0794. The highest BCUT2D eigenvalue weighted by Gasteiger charge is 2.22. The number of thioether (sulfide) groups is 1. The molecule has 3 N–H and O–H groups in total. The van der Waals surface area contributed by atoms with Crippen LogP contribution >= 0.6 is 128 Å².